The zero-order chi connectivity index (χ0) is 13.8. The molecule has 4 nitrogen and oxygen atoms in total. The molecular formula is C17H20N4. The maximum atomic E-state index is 4.22. The molecule has 3 saturated carbocycles. The Labute approximate surface area is 124 Å². The molecule has 4 unspecified atom stereocenters. The number of rotatable bonds is 4. The normalized spacial score (nSPS) is 35.9. The Bertz CT molecular complexity index is 634. The van der Waals surface area contributed by atoms with Gasteiger partial charge < -0.3 is 5.32 Å². The fourth-order valence-corrected chi connectivity index (χ4v) is 5.03. The van der Waals surface area contributed by atoms with E-state index in [2.05, 4.69) is 26.6 Å². The fraction of sp³-hybridized carbons (Fsp3) is 0.529. The van der Waals surface area contributed by atoms with Gasteiger partial charge in [-0.1, -0.05) is 0 Å². The Kier molecular flexibility index (Phi) is 2.50. The minimum absolute atomic E-state index is 0.771. The molecule has 0 aliphatic heterocycles. The number of nitrogens with one attached hydrogen (secondary N) is 2. The first-order valence-corrected chi connectivity index (χ1v) is 8.08. The Morgan fingerprint density at radius 3 is 2.81 bits per heavy atom. The summed E-state index contributed by atoms with van der Waals surface area (Å²) >= 11 is 0. The van der Waals surface area contributed by atoms with Crippen LogP contribution in [-0.2, 0) is 6.54 Å². The molecule has 21 heavy (non-hydrogen) atoms. The van der Waals surface area contributed by atoms with Crippen molar-refractivity contribution in [2.75, 3.05) is 0 Å². The Morgan fingerprint density at radius 2 is 2.05 bits per heavy atom. The monoisotopic (exact) mass is 280 g/mol. The average molecular weight is 280 g/mol. The zero-order valence-corrected chi connectivity index (χ0v) is 12.0. The second-order valence-electron chi connectivity index (χ2n) is 6.91. The van der Waals surface area contributed by atoms with E-state index in [1.165, 1.54) is 24.8 Å². The highest BCUT2D eigenvalue weighted by molar-refractivity contribution is 5.61. The predicted molar refractivity (Wildman–Crippen MR) is 80.3 cm³/mol. The smallest absolute Gasteiger partial charge is 0.0710 e. The van der Waals surface area contributed by atoms with E-state index >= 15 is 0 Å². The third kappa shape index (κ3) is 1.78. The molecule has 2 bridgehead atoms. The van der Waals surface area contributed by atoms with Crippen LogP contribution in [0.1, 0.15) is 24.8 Å². The minimum atomic E-state index is 0.771. The molecule has 3 fully saturated rings. The summed E-state index contributed by atoms with van der Waals surface area (Å²) in [6, 6.07) is 4.82. The first kappa shape index (κ1) is 11.9. The molecule has 3 aliphatic carbocycles. The number of nitrogens with zero attached hydrogens (tertiary/aromatic N) is 2. The molecular weight excluding hydrogens is 260 g/mol. The second-order valence-corrected chi connectivity index (χ2v) is 6.91. The van der Waals surface area contributed by atoms with Crippen LogP contribution in [0.4, 0.5) is 0 Å². The number of hydrogen-bond acceptors (Lipinski definition) is 3. The van der Waals surface area contributed by atoms with E-state index in [-0.39, 0.29) is 0 Å². The summed E-state index contributed by atoms with van der Waals surface area (Å²) < 4.78 is 0. The van der Waals surface area contributed by atoms with Gasteiger partial charge in [-0.15, -0.1) is 0 Å². The van der Waals surface area contributed by atoms with Crippen LogP contribution >= 0.6 is 0 Å². The summed E-state index contributed by atoms with van der Waals surface area (Å²) in [5, 5.41) is 11.1. The van der Waals surface area contributed by atoms with E-state index in [9.17, 15) is 0 Å². The van der Waals surface area contributed by atoms with Crippen LogP contribution in [0, 0.1) is 23.7 Å². The summed E-state index contributed by atoms with van der Waals surface area (Å²) in [7, 11) is 0. The summed E-state index contributed by atoms with van der Waals surface area (Å²) in [5.41, 5.74) is 3.47. The second kappa shape index (κ2) is 4.41. The van der Waals surface area contributed by atoms with E-state index in [0.29, 0.717) is 0 Å². The van der Waals surface area contributed by atoms with Crippen molar-refractivity contribution in [3.8, 4) is 11.3 Å². The van der Waals surface area contributed by atoms with Crippen molar-refractivity contribution in [3.05, 3.63) is 36.3 Å². The molecule has 108 valence electrons. The molecule has 5 rings (SSSR count). The van der Waals surface area contributed by atoms with E-state index in [1.54, 1.807) is 6.20 Å². The molecule has 4 atom stereocenters. The van der Waals surface area contributed by atoms with Crippen LogP contribution in [0.15, 0.2) is 30.7 Å². The lowest BCUT2D eigenvalue weighted by Crippen LogP contribution is -2.22. The standard InChI is InChI=1S/C17H20N4/c1-2-12(7-18-5-1)16-13(9-20-21-16)8-19-17-14-10-3-4-11(6-10)15(14)17/h1-2,5,7,9-11,14-15,17,19H,3-4,6,8H2,(H,20,21). The lowest BCUT2D eigenvalue weighted by atomic mass is 10.0. The maximum absolute atomic E-state index is 4.22. The van der Waals surface area contributed by atoms with E-state index in [1.807, 2.05) is 18.5 Å². The number of aromatic nitrogens is 3. The Morgan fingerprint density at radius 1 is 1.19 bits per heavy atom. The van der Waals surface area contributed by atoms with Gasteiger partial charge >= 0.3 is 0 Å². The SMILES string of the molecule is c1cncc(-c2[nH]ncc2CNC2C3C4CCC(C4)C23)c1. The summed E-state index contributed by atoms with van der Waals surface area (Å²) in [4.78, 5) is 4.20. The molecule has 2 heterocycles. The maximum Gasteiger partial charge on any atom is 0.0710 e. The molecule has 0 spiro atoms. The molecule has 4 heteroatoms. The van der Waals surface area contributed by atoms with Crippen molar-refractivity contribution in [3.63, 3.8) is 0 Å². The van der Waals surface area contributed by atoms with Crippen LogP contribution in [0.2, 0.25) is 0 Å². The highest BCUT2D eigenvalue weighted by Crippen LogP contribution is 2.65. The van der Waals surface area contributed by atoms with Crippen molar-refractivity contribution in [2.24, 2.45) is 23.7 Å². The van der Waals surface area contributed by atoms with Gasteiger partial charge in [0.1, 0.15) is 0 Å². The summed E-state index contributed by atoms with van der Waals surface area (Å²) in [6.07, 6.45) is 10.1. The van der Waals surface area contributed by atoms with Crippen molar-refractivity contribution < 1.29 is 0 Å². The van der Waals surface area contributed by atoms with E-state index in [4.69, 9.17) is 0 Å². The first-order chi connectivity index (χ1) is 10.4. The average Bonchev–Trinajstić information content (AvgIpc) is 2.94. The third-order valence-electron chi connectivity index (χ3n) is 5.93. The lowest BCUT2D eigenvalue weighted by molar-refractivity contribution is 0.456. The molecule has 0 amide bonds. The van der Waals surface area contributed by atoms with Gasteiger partial charge in [-0.2, -0.15) is 5.10 Å². The summed E-state index contributed by atoms with van der Waals surface area (Å²) in [6.45, 7) is 0.915. The molecule has 2 aromatic rings. The minimum Gasteiger partial charge on any atom is -0.309 e. The van der Waals surface area contributed by atoms with E-state index in [0.717, 1.165) is 47.5 Å². The van der Waals surface area contributed by atoms with Crippen LogP contribution in [0.25, 0.3) is 11.3 Å². The van der Waals surface area contributed by atoms with Gasteiger partial charge in [-0.05, 0) is 55.1 Å². The number of H-pyrrole nitrogens is 1. The van der Waals surface area contributed by atoms with E-state index < -0.39 is 0 Å². The van der Waals surface area contributed by atoms with Gasteiger partial charge in [-0.3, -0.25) is 10.1 Å². The Balaban J connectivity index is 1.30. The third-order valence-corrected chi connectivity index (χ3v) is 5.93. The van der Waals surface area contributed by atoms with Gasteiger partial charge in [0.25, 0.3) is 0 Å². The largest absolute Gasteiger partial charge is 0.309 e. The molecule has 3 aliphatic rings. The predicted octanol–water partition coefficient (Wildman–Crippen LogP) is 2.61. The van der Waals surface area contributed by atoms with Gasteiger partial charge in [0, 0.05) is 36.1 Å². The number of fused-ring (bicyclic) bond motifs is 5. The topological polar surface area (TPSA) is 53.6 Å². The van der Waals surface area contributed by atoms with Gasteiger partial charge in [0.2, 0.25) is 0 Å². The lowest BCUT2D eigenvalue weighted by Gasteiger charge is -2.10. The highest BCUT2D eigenvalue weighted by Gasteiger charge is 2.64. The summed E-state index contributed by atoms with van der Waals surface area (Å²) in [5.74, 6) is 4.02. The van der Waals surface area contributed by atoms with Crippen molar-refractivity contribution in [1.82, 2.24) is 20.5 Å². The number of hydrogen-bond donors (Lipinski definition) is 2. The van der Waals surface area contributed by atoms with Crippen LogP contribution < -0.4 is 5.32 Å². The zero-order valence-electron chi connectivity index (χ0n) is 12.0. The Hall–Kier alpha value is -1.68. The van der Waals surface area contributed by atoms with Crippen LogP contribution in [-0.4, -0.2) is 21.2 Å². The van der Waals surface area contributed by atoms with Crippen LogP contribution in [0.5, 0.6) is 0 Å². The molecule has 2 aromatic heterocycles. The molecule has 2 N–H and O–H groups in total. The van der Waals surface area contributed by atoms with Crippen LogP contribution in [0.3, 0.4) is 0 Å². The van der Waals surface area contributed by atoms with Gasteiger partial charge in [0.05, 0.1) is 11.9 Å². The van der Waals surface area contributed by atoms with Crippen molar-refractivity contribution >= 4 is 0 Å². The van der Waals surface area contributed by atoms with Crippen molar-refractivity contribution in [1.29, 1.82) is 0 Å². The molecule has 0 radical (unpaired) electrons. The van der Waals surface area contributed by atoms with Gasteiger partial charge in [0.15, 0.2) is 0 Å². The first-order valence-electron chi connectivity index (χ1n) is 8.08. The molecule has 0 saturated heterocycles. The fourth-order valence-electron chi connectivity index (χ4n) is 5.03. The number of pyridine rings is 1. The molecule has 0 aromatic carbocycles. The number of aromatic amines is 1. The van der Waals surface area contributed by atoms with Gasteiger partial charge in [-0.25, -0.2) is 0 Å². The quantitative estimate of drug-likeness (QED) is 0.905. The van der Waals surface area contributed by atoms with Crippen molar-refractivity contribution in [2.45, 2.75) is 31.8 Å². The highest BCUT2D eigenvalue weighted by atomic mass is 15.1.